The summed E-state index contributed by atoms with van der Waals surface area (Å²) in [5.41, 5.74) is 4.11. The lowest BCUT2D eigenvalue weighted by Gasteiger charge is -2.06. The number of hydrogen-bond acceptors (Lipinski definition) is 4. The minimum absolute atomic E-state index is 0.530. The summed E-state index contributed by atoms with van der Waals surface area (Å²) in [7, 11) is 0. The maximum atomic E-state index is 5.86. The van der Waals surface area contributed by atoms with Gasteiger partial charge in [0.05, 0.1) is 12.4 Å². The highest BCUT2D eigenvalue weighted by molar-refractivity contribution is 5.83. The van der Waals surface area contributed by atoms with E-state index >= 15 is 0 Å². The number of rotatable bonds is 9. The van der Waals surface area contributed by atoms with Gasteiger partial charge < -0.3 is 9.47 Å². The van der Waals surface area contributed by atoms with Gasteiger partial charge >= 0.3 is 0 Å². The summed E-state index contributed by atoms with van der Waals surface area (Å²) >= 11 is 0. The van der Waals surface area contributed by atoms with Crippen LogP contribution in [-0.2, 0) is 13.2 Å². The van der Waals surface area contributed by atoms with Crippen LogP contribution in [0.4, 0.5) is 0 Å². The normalized spacial score (nSPS) is 11.1. The molecule has 0 radical (unpaired) electrons. The summed E-state index contributed by atoms with van der Waals surface area (Å²) in [6.45, 7) is 1.06. The van der Waals surface area contributed by atoms with Crippen LogP contribution in [0.25, 0.3) is 0 Å². The molecule has 0 aliphatic carbocycles. The van der Waals surface area contributed by atoms with Gasteiger partial charge in [0.15, 0.2) is 0 Å². The molecule has 158 valence electrons. The lowest BCUT2D eigenvalue weighted by molar-refractivity contribution is 0.306. The fraction of sp³-hybridized carbons (Fsp3) is 0.0714. The van der Waals surface area contributed by atoms with Crippen LogP contribution in [0.2, 0.25) is 0 Å². The molecular weight excluding hydrogens is 396 g/mol. The van der Waals surface area contributed by atoms with Crippen molar-refractivity contribution in [3.63, 3.8) is 0 Å². The Morgan fingerprint density at radius 1 is 0.500 bits per heavy atom. The van der Waals surface area contributed by atoms with Crippen LogP contribution in [0, 0.1) is 0 Å². The van der Waals surface area contributed by atoms with Crippen molar-refractivity contribution in [2.24, 2.45) is 10.2 Å². The lowest BCUT2D eigenvalue weighted by atomic mass is 10.2. The number of ether oxygens (including phenoxy) is 2. The Bertz CT molecular complexity index is 1080. The quantitative estimate of drug-likeness (QED) is 0.236. The number of hydrogen-bond donors (Lipinski definition) is 0. The monoisotopic (exact) mass is 420 g/mol. The van der Waals surface area contributed by atoms with Gasteiger partial charge in [-0.05, 0) is 46.5 Å². The van der Waals surface area contributed by atoms with Gasteiger partial charge in [-0.2, -0.15) is 10.2 Å². The first-order valence-electron chi connectivity index (χ1n) is 10.5. The standard InChI is InChI=1S/C28H24N2O2/c1-3-9-23(10-4-1)21-31-27-15-7-13-25(17-27)19-29-30-20-26-14-8-16-28(18-26)32-22-24-11-5-2-6-12-24/h1-20H,21-22H2/b29-19+,30-20+. The third-order valence-electron chi connectivity index (χ3n) is 4.69. The molecule has 4 rings (SSSR count). The molecular formula is C28H24N2O2. The molecule has 0 N–H and O–H groups in total. The predicted molar refractivity (Wildman–Crippen MR) is 130 cm³/mol. The number of nitrogens with zero attached hydrogens (tertiary/aromatic N) is 2. The second-order valence-corrected chi connectivity index (χ2v) is 7.18. The van der Waals surface area contributed by atoms with Crippen molar-refractivity contribution >= 4 is 12.4 Å². The fourth-order valence-electron chi connectivity index (χ4n) is 3.05. The smallest absolute Gasteiger partial charge is 0.120 e. The molecule has 32 heavy (non-hydrogen) atoms. The molecule has 0 saturated carbocycles. The van der Waals surface area contributed by atoms with Crippen molar-refractivity contribution in [1.29, 1.82) is 0 Å². The first kappa shape index (κ1) is 21.1. The van der Waals surface area contributed by atoms with E-state index in [1.807, 2.05) is 109 Å². The van der Waals surface area contributed by atoms with Crippen molar-refractivity contribution in [2.45, 2.75) is 13.2 Å². The Kier molecular flexibility index (Phi) is 7.42. The molecule has 0 aliphatic heterocycles. The van der Waals surface area contributed by atoms with Crippen molar-refractivity contribution < 1.29 is 9.47 Å². The number of benzene rings is 4. The van der Waals surface area contributed by atoms with Gasteiger partial charge in [-0.3, -0.25) is 0 Å². The summed E-state index contributed by atoms with van der Waals surface area (Å²) in [5, 5.41) is 8.34. The van der Waals surface area contributed by atoms with Gasteiger partial charge in [-0.1, -0.05) is 84.9 Å². The SMILES string of the molecule is C(=N\N=C\c1cccc(OCc2ccccc2)c1)/c1cccc(OCc2ccccc2)c1. The topological polar surface area (TPSA) is 43.2 Å². The molecule has 4 aromatic rings. The minimum atomic E-state index is 0.530. The summed E-state index contributed by atoms with van der Waals surface area (Å²) in [4.78, 5) is 0. The zero-order chi connectivity index (χ0) is 21.8. The van der Waals surface area contributed by atoms with Crippen LogP contribution < -0.4 is 9.47 Å². The Morgan fingerprint density at radius 2 is 0.938 bits per heavy atom. The van der Waals surface area contributed by atoms with Crippen LogP contribution in [0.3, 0.4) is 0 Å². The van der Waals surface area contributed by atoms with E-state index in [4.69, 9.17) is 9.47 Å². The summed E-state index contributed by atoms with van der Waals surface area (Å²) in [5.74, 6) is 1.59. The Morgan fingerprint density at radius 3 is 1.38 bits per heavy atom. The molecule has 0 spiro atoms. The first-order valence-corrected chi connectivity index (χ1v) is 10.5. The maximum absolute atomic E-state index is 5.86. The molecule has 0 unspecified atom stereocenters. The van der Waals surface area contributed by atoms with E-state index in [0.717, 1.165) is 33.8 Å². The van der Waals surface area contributed by atoms with E-state index in [0.29, 0.717) is 13.2 Å². The predicted octanol–water partition coefficient (Wildman–Crippen LogP) is 6.30. The zero-order valence-electron chi connectivity index (χ0n) is 17.7. The van der Waals surface area contributed by atoms with Gasteiger partial charge in [0.1, 0.15) is 24.7 Å². The van der Waals surface area contributed by atoms with E-state index in [9.17, 15) is 0 Å². The molecule has 0 saturated heterocycles. The highest BCUT2D eigenvalue weighted by Crippen LogP contribution is 2.15. The Labute approximate surface area is 188 Å². The van der Waals surface area contributed by atoms with E-state index in [2.05, 4.69) is 10.2 Å². The summed E-state index contributed by atoms with van der Waals surface area (Å²) in [6, 6.07) is 35.8. The van der Waals surface area contributed by atoms with Crippen LogP contribution >= 0.6 is 0 Å². The fourth-order valence-corrected chi connectivity index (χ4v) is 3.05. The maximum Gasteiger partial charge on any atom is 0.120 e. The molecule has 0 fully saturated rings. The Hall–Kier alpha value is -4.18. The van der Waals surface area contributed by atoms with Crippen LogP contribution in [0.15, 0.2) is 119 Å². The molecule has 0 bridgehead atoms. The average Bonchev–Trinajstić information content (AvgIpc) is 2.86. The van der Waals surface area contributed by atoms with Crippen molar-refractivity contribution in [1.82, 2.24) is 0 Å². The highest BCUT2D eigenvalue weighted by atomic mass is 16.5. The van der Waals surface area contributed by atoms with E-state index < -0.39 is 0 Å². The molecule has 0 aromatic heterocycles. The van der Waals surface area contributed by atoms with Gasteiger partial charge in [0, 0.05) is 0 Å². The molecule has 0 atom stereocenters. The molecule has 0 heterocycles. The van der Waals surface area contributed by atoms with Crippen molar-refractivity contribution in [3.8, 4) is 11.5 Å². The average molecular weight is 421 g/mol. The van der Waals surface area contributed by atoms with Crippen LogP contribution in [-0.4, -0.2) is 12.4 Å². The van der Waals surface area contributed by atoms with Gasteiger partial charge in [-0.15, -0.1) is 0 Å². The van der Waals surface area contributed by atoms with Gasteiger partial charge in [-0.25, -0.2) is 0 Å². The second kappa shape index (κ2) is 11.3. The van der Waals surface area contributed by atoms with E-state index in [1.54, 1.807) is 12.4 Å². The Balaban J connectivity index is 1.31. The third-order valence-corrected chi connectivity index (χ3v) is 4.69. The van der Waals surface area contributed by atoms with Crippen LogP contribution in [0.5, 0.6) is 11.5 Å². The van der Waals surface area contributed by atoms with E-state index in [-0.39, 0.29) is 0 Å². The summed E-state index contributed by atoms with van der Waals surface area (Å²) in [6.07, 6.45) is 3.42. The van der Waals surface area contributed by atoms with Crippen molar-refractivity contribution in [2.75, 3.05) is 0 Å². The van der Waals surface area contributed by atoms with Crippen LogP contribution in [0.1, 0.15) is 22.3 Å². The lowest BCUT2D eigenvalue weighted by Crippen LogP contribution is -1.95. The summed E-state index contributed by atoms with van der Waals surface area (Å²) < 4.78 is 11.7. The molecule has 4 nitrogen and oxygen atoms in total. The van der Waals surface area contributed by atoms with Crippen molar-refractivity contribution in [3.05, 3.63) is 131 Å². The molecule has 4 aromatic carbocycles. The second-order valence-electron chi connectivity index (χ2n) is 7.18. The third kappa shape index (κ3) is 6.67. The van der Waals surface area contributed by atoms with Gasteiger partial charge in [0.2, 0.25) is 0 Å². The highest BCUT2D eigenvalue weighted by Gasteiger charge is 1.98. The molecule has 0 aliphatic rings. The first-order chi connectivity index (χ1) is 15.8. The van der Waals surface area contributed by atoms with Gasteiger partial charge in [0.25, 0.3) is 0 Å². The minimum Gasteiger partial charge on any atom is -0.489 e. The molecule has 4 heteroatoms. The zero-order valence-corrected chi connectivity index (χ0v) is 17.7. The molecule has 0 amide bonds. The largest absolute Gasteiger partial charge is 0.489 e. The van der Waals surface area contributed by atoms with E-state index in [1.165, 1.54) is 0 Å².